The number of carbonyl (C=O) groups excluding carboxylic acids is 1. The Hall–Kier alpha value is -3.61. The van der Waals surface area contributed by atoms with Gasteiger partial charge in [-0.25, -0.2) is 18.3 Å². The first-order valence-electron chi connectivity index (χ1n) is 9.91. The number of hydrogen-bond acceptors (Lipinski definition) is 3. The standard InChI is InChI=1S/C24H22F2N4O/c1-24(2,3)21-13-22-28-19(23(31)27-14-15-8-10-16(25)11-9-15)12-20(30(22)29-21)17-6-4-5-7-18(17)26/h4-13H,14H2,1-3H3,(H,27,31). The molecular weight excluding hydrogens is 398 g/mol. The lowest BCUT2D eigenvalue weighted by atomic mass is 9.93. The Balaban J connectivity index is 1.76. The van der Waals surface area contributed by atoms with Crippen LogP contribution in [0.5, 0.6) is 0 Å². The Morgan fingerprint density at radius 1 is 1.03 bits per heavy atom. The molecule has 7 heteroatoms. The molecule has 31 heavy (non-hydrogen) atoms. The van der Waals surface area contributed by atoms with Crippen LogP contribution >= 0.6 is 0 Å². The van der Waals surface area contributed by atoms with Gasteiger partial charge in [-0.2, -0.15) is 5.10 Å². The zero-order valence-electron chi connectivity index (χ0n) is 17.5. The number of aromatic nitrogens is 3. The highest BCUT2D eigenvalue weighted by atomic mass is 19.1. The fraction of sp³-hybridized carbons (Fsp3) is 0.208. The van der Waals surface area contributed by atoms with Crippen molar-refractivity contribution in [3.8, 4) is 11.3 Å². The molecule has 0 aliphatic rings. The Morgan fingerprint density at radius 3 is 2.42 bits per heavy atom. The number of amides is 1. The van der Waals surface area contributed by atoms with Crippen molar-refractivity contribution in [3.63, 3.8) is 0 Å². The maximum absolute atomic E-state index is 14.6. The van der Waals surface area contributed by atoms with Crippen molar-refractivity contribution < 1.29 is 13.6 Å². The number of carbonyl (C=O) groups is 1. The van der Waals surface area contributed by atoms with Crippen LogP contribution in [0.4, 0.5) is 8.78 Å². The summed E-state index contributed by atoms with van der Waals surface area (Å²) < 4.78 is 29.2. The molecular formula is C24H22F2N4O. The molecule has 2 aromatic carbocycles. The van der Waals surface area contributed by atoms with Crippen LogP contribution in [0.2, 0.25) is 0 Å². The summed E-state index contributed by atoms with van der Waals surface area (Å²) in [7, 11) is 0. The van der Waals surface area contributed by atoms with Crippen molar-refractivity contribution in [1.29, 1.82) is 0 Å². The van der Waals surface area contributed by atoms with E-state index in [1.807, 2.05) is 20.8 Å². The zero-order valence-corrected chi connectivity index (χ0v) is 17.5. The minimum Gasteiger partial charge on any atom is -0.347 e. The molecule has 0 radical (unpaired) electrons. The van der Waals surface area contributed by atoms with Gasteiger partial charge in [-0.3, -0.25) is 4.79 Å². The van der Waals surface area contributed by atoms with E-state index in [1.165, 1.54) is 24.3 Å². The fourth-order valence-electron chi connectivity index (χ4n) is 3.19. The molecule has 0 atom stereocenters. The predicted octanol–water partition coefficient (Wildman–Crippen LogP) is 4.90. The number of hydrogen-bond donors (Lipinski definition) is 1. The van der Waals surface area contributed by atoms with Crippen molar-refractivity contribution in [2.45, 2.75) is 32.7 Å². The number of fused-ring (bicyclic) bond motifs is 1. The lowest BCUT2D eigenvalue weighted by Gasteiger charge is -2.13. The van der Waals surface area contributed by atoms with Crippen LogP contribution < -0.4 is 5.32 Å². The smallest absolute Gasteiger partial charge is 0.270 e. The Bertz CT molecular complexity index is 1260. The van der Waals surface area contributed by atoms with Crippen LogP contribution in [0, 0.1) is 11.6 Å². The van der Waals surface area contributed by atoms with Crippen LogP contribution in [0.25, 0.3) is 16.9 Å². The molecule has 0 saturated heterocycles. The van der Waals surface area contributed by atoms with Crippen LogP contribution in [0.15, 0.2) is 60.7 Å². The van der Waals surface area contributed by atoms with Crippen molar-refractivity contribution in [2.75, 3.05) is 0 Å². The van der Waals surface area contributed by atoms with Gasteiger partial charge in [0.2, 0.25) is 0 Å². The predicted molar refractivity (Wildman–Crippen MR) is 115 cm³/mol. The third kappa shape index (κ3) is 4.30. The quantitative estimate of drug-likeness (QED) is 0.511. The molecule has 2 heterocycles. The Labute approximate surface area is 178 Å². The highest BCUT2D eigenvalue weighted by molar-refractivity contribution is 5.94. The summed E-state index contributed by atoms with van der Waals surface area (Å²) in [4.78, 5) is 17.3. The first-order valence-corrected chi connectivity index (χ1v) is 9.91. The van der Waals surface area contributed by atoms with Gasteiger partial charge in [-0.1, -0.05) is 45.0 Å². The van der Waals surface area contributed by atoms with E-state index in [0.717, 1.165) is 11.3 Å². The average Bonchev–Trinajstić information content (AvgIpc) is 3.18. The van der Waals surface area contributed by atoms with Gasteiger partial charge in [-0.05, 0) is 35.9 Å². The van der Waals surface area contributed by atoms with Crippen molar-refractivity contribution in [3.05, 3.63) is 89.2 Å². The zero-order chi connectivity index (χ0) is 22.2. The van der Waals surface area contributed by atoms with Gasteiger partial charge in [-0.15, -0.1) is 0 Å². The molecule has 0 spiro atoms. The topological polar surface area (TPSA) is 59.3 Å². The number of rotatable bonds is 4. The molecule has 5 nitrogen and oxygen atoms in total. The maximum Gasteiger partial charge on any atom is 0.270 e. The van der Waals surface area contributed by atoms with Crippen molar-refractivity contribution in [2.24, 2.45) is 0 Å². The molecule has 4 aromatic rings. The van der Waals surface area contributed by atoms with Gasteiger partial charge in [0.1, 0.15) is 17.3 Å². The van der Waals surface area contributed by atoms with E-state index in [4.69, 9.17) is 0 Å². The summed E-state index contributed by atoms with van der Waals surface area (Å²) in [6.45, 7) is 6.28. The average molecular weight is 420 g/mol. The third-order valence-corrected chi connectivity index (χ3v) is 4.94. The minimum atomic E-state index is -0.416. The molecule has 1 N–H and O–H groups in total. The number of benzene rings is 2. The fourth-order valence-corrected chi connectivity index (χ4v) is 3.19. The molecule has 0 unspecified atom stereocenters. The van der Waals surface area contributed by atoms with E-state index < -0.39 is 11.7 Å². The second kappa shape index (κ2) is 7.91. The molecule has 4 rings (SSSR count). The largest absolute Gasteiger partial charge is 0.347 e. The first-order chi connectivity index (χ1) is 14.7. The van der Waals surface area contributed by atoms with Crippen molar-refractivity contribution >= 4 is 11.6 Å². The lowest BCUT2D eigenvalue weighted by molar-refractivity contribution is 0.0946. The number of halogens is 2. The highest BCUT2D eigenvalue weighted by Gasteiger charge is 2.22. The summed E-state index contributed by atoms with van der Waals surface area (Å²) in [5.41, 5.74) is 2.65. The highest BCUT2D eigenvalue weighted by Crippen LogP contribution is 2.27. The van der Waals surface area contributed by atoms with E-state index in [0.29, 0.717) is 16.9 Å². The Morgan fingerprint density at radius 2 is 1.74 bits per heavy atom. The van der Waals surface area contributed by atoms with E-state index >= 15 is 0 Å². The summed E-state index contributed by atoms with van der Waals surface area (Å²) in [5.74, 6) is -1.17. The molecule has 0 saturated carbocycles. The second-order valence-electron chi connectivity index (χ2n) is 8.37. The van der Waals surface area contributed by atoms with Crippen LogP contribution in [-0.4, -0.2) is 20.5 Å². The SMILES string of the molecule is CC(C)(C)c1cc2nc(C(=O)NCc3ccc(F)cc3)cc(-c3ccccc3F)n2n1. The number of nitrogens with one attached hydrogen (secondary N) is 1. The summed E-state index contributed by atoms with van der Waals surface area (Å²) >= 11 is 0. The van der Waals surface area contributed by atoms with E-state index in [1.54, 1.807) is 40.9 Å². The van der Waals surface area contributed by atoms with Gasteiger partial charge in [0.05, 0.1) is 11.4 Å². The molecule has 0 fully saturated rings. The van der Waals surface area contributed by atoms with Gasteiger partial charge in [0.25, 0.3) is 5.91 Å². The molecule has 2 aromatic heterocycles. The molecule has 0 aliphatic heterocycles. The maximum atomic E-state index is 14.6. The van der Waals surface area contributed by atoms with Gasteiger partial charge >= 0.3 is 0 Å². The van der Waals surface area contributed by atoms with Crippen LogP contribution in [0.3, 0.4) is 0 Å². The van der Waals surface area contributed by atoms with Gasteiger partial charge < -0.3 is 5.32 Å². The summed E-state index contributed by atoms with van der Waals surface area (Å²) in [5, 5.41) is 7.41. The normalized spacial score (nSPS) is 11.6. The van der Waals surface area contributed by atoms with Crippen molar-refractivity contribution in [1.82, 2.24) is 19.9 Å². The van der Waals surface area contributed by atoms with Crippen LogP contribution in [-0.2, 0) is 12.0 Å². The van der Waals surface area contributed by atoms with Gasteiger partial charge in [0, 0.05) is 23.6 Å². The first kappa shape index (κ1) is 20.7. The van der Waals surface area contributed by atoms with E-state index in [2.05, 4.69) is 15.4 Å². The molecule has 0 bridgehead atoms. The number of nitrogens with zero attached hydrogens (tertiary/aromatic N) is 3. The van der Waals surface area contributed by atoms with E-state index in [9.17, 15) is 13.6 Å². The second-order valence-corrected chi connectivity index (χ2v) is 8.37. The van der Waals surface area contributed by atoms with E-state index in [-0.39, 0.29) is 23.5 Å². The third-order valence-electron chi connectivity index (χ3n) is 4.94. The monoisotopic (exact) mass is 420 g/mol. The molecule has 0 aliphatic carbocycles. The summed E-state index contributed by atoms with van der Waals surface area (Å²) in [6.07, 6.45) is 0. The Kier molecular flexibility index (Phi) is 5.27. The molecule has 158 valence electrons. The molecule has 1 amide bonds. The minimum absolute atomic E-state index is 0.147. The van der Waals surface area contributed by atoms with Crippen LogP contribution in [0.1, 0.15) is 42.5 Å². The summed E-state index contributed by atoms with van der Waals surface area (Å²) in [6, 6.07) is 15.6. The lowest BCUT2D eigenvalue weighted by Crippen LogP contribution is -2.24. The van der Waals surface area contributed by atoms with Gasteiger partial charge in [0.15, 0.2) is 5.65 Å².